The Kier molecular flexibility index (Phi) is 8.30. The molecule has 2 aromatic heterocycles. The summed E-state index contributed by atoms with van der Waals surface area (Å²) in [6.45, 7) is 6.68. The van der Waals surface area contributed by atoms with Crippen LogP contribution in [0.1, 0.15) is 25.8 Å². The van der Waals surface area contributed by atoms with E-state index in [0.717, 1.165) is 18.0 Å². The van der Waals surface area contributed by atoms with Crippen LogP contribution in [0.15, 0.2) is 22.0 Å². The fraction of sp³-hybridized carbons (Fsp3) is 0.533. The highest BCUT2D eigenvalue weighted by Crippen LogP contribution is 2.25. The third kappa shape index (κ3) is 4.92. The van der Waals surface area contributed by atoms with Crippen molar-refractivity contribution < 1.29 is 9.32 Å². The van der Waals surface area contributed by atoms with Crippen LogP contribution >= 0.6 is 36.2 Å². The monoisotopic (exact) mass is 407 g/mol. The van der Waals surface area contributed by atoms with Gasteiger partial charge < -0.3 is 15.2 Å². The topological polar surface area (TPSA) is 88.5 Å². The highest BCUT2D eigenvalue weighted by Gasteiger charge is 2.28. The van der Waals surface area contributed by atoms with Gasteiger partial charge in [-0.05, 0) is 25.3 Å². The lowest BCUT2D eigenvalue weighted by Gasteiger charge is -2.37. The smallest absolute Gasteiger partial charge is 0.244 e. The van der Waals surface area contributed by atoms with Crippen molar-refractivity contribution in [3.63, 3.8) is 0 Å². The highest BCUT2D eigenvalue weighted by atomic mass is 35.5. The molecule has 7 nitrogen and oxygen atoms in total. The molecule has 1 unspecified atom stereocenters. The molecule has 1 aliphatic rings. The summed E-state index contributed by atoms with van der Waals surface area (Å²) in [4.78, 5) is 21.5. The zero-order chi connectivity index (χ0) is 16.4. The van der Waals surface area contributed by atoms with Crippen LogP contribution in [0, 0.1) is 0 Å². The molecule has 0 saturated carbocycles. The van der Waals surface area contributed by atoms with E-state index < -0.39 is 6.04 Å². The first-order valence-corrected chi connectivity index (χ1v) is 8.60. The van der Waals surface area contributed by atoms with Gasteiger partial charge in [0.15, 0.2) is 0 Å². The minimum Gasteiger partial charge on any atom is -0.339 e. The second kappa shape index (κ2) is 9.49. The average Bonchev–Trinajstić information content (AvgIpc) is 3.24. The zero-order valence-electron chi connectivity index (χ0n) is 14.1. The van der Waals surface area contributed by atoms with Gasteiger partial charge in [-0.25, -0.2) is 0 Å². The number of thiophene rings is 1. The van der Waals surface area contributed by atoms with E-state index in [0.29, 0.717) is 24.8 Å². The fourth-order valence-electron chi connectivity index (χ4n) is 2.68. The number of carbonyl (C=O) groups is 1. The van der Waals surface area contributed by atoms with E-state index in [1.165, 1.54) is 0 Å². The van der Waals surface area contributed by atoms with E-state index in [9.17, 15) is 4.79 Å². The van der Waals surface area contributed by atoms with Crippen molar-refractivity contribution in [2.75, 3.05) is 26.2 Å². The van der Waals surface area contributed by atoms with E-state index in [1.54, 1.807) is 18.3 Å². The molecule has 0 spiro atoms. The summed E-state index contributed by atoms with van der Waals surface area (Å²) in [6, 6.07) is 3.53. The lowest BCUT2D eigenvalue weighted by Crippen LogP contribution is -2.52. The molecule has 25 heavy (non-hydrogen) atoms. The molecule has 2 aromatic rings. The molecule has 2 atom stereocenters. The summed E-state index contributed by atoms with van der Waals surface area (Å²) in [5, 5.41) is 6.05. The average molecular weight is 408 g/mol. The van der Waals surface area contributed by atoms with Gasteiger partial charge >= 0.3 is 0 Å². The molecule has 2 N–H and O–H groups in total. The first kappa shape index (κ1) is 21.9. The van der Waals surface area contributed by atoms with E-state index in [-0.39, 0.29) is 36.8 Å². The summed E-state index contributed by atoms with van der Waals surface area (Å²) < 4.78 is 5.42. The van der Waals surface area contributed by atoms with Gasteiger partial charge in [-0.15, -0.1) is 36.2 Å². The van der Waals surface area contributed by atoms with Crippen LogP contribution < -0.4 is 5.73 Å². The fourth-order valence-corrected chi connectivity index (χ4v) is 3.33. The lowest BCUT2D eigenvalue weighted by atomic mass is 10.2. The van der Waals surface area contributed by atoms with Crippen LogP contribution in [0.3, 0.4) is 0 Å². The molecular weight excluding hydrogens is 385 g/mol. The molecule has 0 bridgehead atoms. The van der Waals surface area contributed by atoms with Gasteiger partial charge in [0.05, 0.1) is 17.0 Å². The summed E-state index contributed by atoms with van der Waals surface area (Å²) in [5.41, 5.74) is 5.66. The first-order valence-electron chi connectivity index (χ1n) is 7.72. The first-order chi connectivity index (χ1) is 11.1. The van der Waals surface area contributed by atoms with Crippen molar-refractivity contribution >= 4 is 42.1 Å². The number of piperazine rings is 1. The third-order valence-electron chi connectivity index (χ3n) is 4.10. The number of nitrogens with zero attached hydrogens (tertiary/aromatic N) is 4. The second-order valence-corrected chi connectivity index (χ2v) is 6.71. The number of amides is 1. The maximum Gasteiger partial charge on any atom is 0.244 e. The van der Waals surface area contributed by atoms with Gasteiger partial charge in [-0.3, -0.25) is 9.69 Å². The van der Waals surface area contributed by atoms with Crippen LogP contribution in [0.25, 0.3) is 10.7 Å². The Labute approximate surface area is 163 Å². The molecule has 1 aliphatic heterocycles. The maximum absolute atomic E-state index is 11.9. The molecule has 1 fully saturated rings. The van der Waals surface area contributed by atoms with Crippen molar-refractivity contribution in [1.29, 1.82) is 0 Å². The highest BCUT2D eigenvalue weighted by molar-refractivity contribution is 7.13. The number of carbonyl (C=O) groups excluding carboxylic acids is 1. The predicted octanol–water partition coefficient (Wildman–Crippen LogP) is 2.19. The minimum absolute atomic E-state index is 0. The number of rotatable bonds is 4. The molecule has 10 heteroatoms. The van der Waals surface area contributed by atoms with Crippen LogP contribution in [0.5, 0.6) is 0 Å². The number of aromatic nitrogens is 2. The Bertz CT molecular complexity index is 657. The molecule has 0 radical (unpaired) electrons. The zero-order valence-corrected chi connectivity index (χ0v) is 16.6. The minimum atomic E-state index is -0.441. The van der Waals surface area contributed by atoms with E-state index in [2.05, 4.69) is 22.0 Å². The number of hydrogen-bond donors (Lipinski definition) is 1. The number of hydrogen-bond acceptors (Lipinski definition) is 7. The number of nitrogens with two attached hydrogens (primary N) is 1. The Balaban J connectivity index is 0.00000156. The Morgan fingerprint density at radius 3 is 2.52 bits per heavy atom. The van der Waals surface area contributed by atoms with Crippen LogP contribution in [-0.2, 0) is 4.79 Å². The van der Waals surface area contributed by atoms with E-state index in [4.69, 9.17) is 10.3 Å². The molecular formula is C15H23Cl2N5O2S. The SMILES string of the molecule is CC(c1nc(-c2cccs2)no1)N1CCN(C(=O)[C@@H](C)N)CC1.Cl.Cl. The quantitative estimate of drug-likeness (QED) is 0.835. The van der Waals surface area contributed by atoms with E-state index in [1.807, 2.05) is 22.4 Å². The van der Waals surface area contributed by atoms with E-state index >= 15 is 0 Å². The summed E-state index contributed by atoms with van der Waals surface area (Å²) >= 11 is 1.59. The summed E-state index contributed by atoms with van der Waals surface area (Å²) in [7, 11) is 0. The van der Waals surface area contributed by atoms with Crippen LogP contribution in [0.2, 0.25) is 0 Å². The van der Waals surface area contributed by atoms with Gasteiger partial charge in [-0.1, -0.05) is 11.2 Å². The van der Waals surface area contributed by atoms with Crippen molar-refractivity contribution in [3.05, 3.63) is 23.4 Å². The Morgan fingerprint density at radius 1 is 1.28 bits per heavy atom. The Hall–Kier alpha value is -1.19. The second-order valence-electron chi connectivity index (χ2n) is 5.76. The summed E-state index contributed by atoms with van der Waals surface area (Å²) in [6.07, 6.45) is 0. The largest absolute Gasteiger partial charge is 0.339 e. The van der Waals surface area contributed by atoms with Crippen molar-refractivity contribution in [1.82, 2.24) is 19.9 Å². The maximum atomic E-state index is 11.9. The standard InChI is InChI=1S/C15H21N5O2S.2ClH/c1-10(16)15(21)20-7-5-19(6-8-20)11(2)14-17-13(18-22-14)12-4-3-9-23-12;;/h3-4,9-11H,5-8,16H2,1-2H3;2*1H/t10-,11?;;/m1../s1. The molecule has 140 valence electrons. The van der Waals surface area contributed by atoms with Crippen LogP contribution in [-0.4, -0.2) is 58.1 Å². The molecule has 1 saturated heterocycles. The van der Waals surface area contributed by atoms with Gasteiger partial charge in [-0.2, -0.15) is 4.98 Å². The predicted molar refractivity (Wildman–Crippen MR) is 102 cm³/mol. The van der Waals surface area contributed by atoms with Crippen LogP contribution in [0.4, 0.5) is 0 Å². The molecule has 0 aromatic carbocycles. The normalized spacial score (nSPS) is 17.3. The number of halogens is 2. The molecule has 0 aliphatic carbocycles. The molecule has 3 heterocycles. The molecule has 3 rings (SSSR count). The summed E-state index contributed by atoms with van der Waals surface area (Å²) in [5.74, 6) is 1.25. The van der Waals surface area contributed by atoms with Crippen molar-refractivity contribution in [2.24, 2.45) is 5.73 Å². The van der Waals surface area contributed by atoms with Crippen molar-refractivity contribution in [3.8, 4) is 10.7 Å². The van der Waals surface area contributed by atoms with Gasteiger partial charge in [0.1, 0.15) is 0 Å². The van der Waals surface area contributed by atoms with Gasteiger partial charge in [0, 0.05) is 26.2 Å². The van der Waals surface area contributed by atoms with Gasteiger partial charge in [0.25, 0.3) is 0 Å². The third-order valence-corrected chi connectivity index (χ3v) is 4.97. The van der Waals surface area contributed by atoms with Gasteiger partial charge in [0.2, 0.25) is 17.6 Å². The van der Waals surface area contributed by atoms with Crippen molar-refractivity contribution in [2.45, 2.75) is 25.9 Å². The lowest BCUT2D eigenvalue weighted by molar-refractivity contribution is -0.134. The molecule has 1 amide bonds. The Morgan fingerprint density at radius 2 is 1.96 bits per heavy atom.